The van der Waals surface area contributed by atoms with E-state index in [-0.39, 0.29) is 0 Å². The fourth-order valence-electron chi connectivity index (χ4n) is 3.78. The molecule has 0 fully saturated rings. The van der Waals surface area contributed by atoms with Crippen molar-refractivity contribution in [3.8, 4) is 11.5 Å². The SMILES string of the molecule is CN1c2ccccc2OC12C=Nc1c(c3cccnc3c3ncccc13)O2. The lowest BCUT2D eigenvalue weighted by Crippen LogP contribution is -2.55. The zero-order chi connectivity index (χ0) is 18.0. The van der Waals surface area contributed by atoms with Gasteiger partial charge in [-0.15, -0.1) is 0 Å². The molecule has 6 nitrogen and oxygen atoms in total. The predicted molar refractivity (Wildman–Crippen MR) is 104 cm³/mol. The van der Waals surface area contributed by atoms with Crippen LogP contribution in [0.15, 0.2) is 65.9 Å². The van der Waals surface area contributed by atoms with E-state index >= 15 is 0 Å². The van der Waals surface area contributed by atoms with Gasteiger partial charge in [0.1, 0.15) is 23.2 Å². The van der Waals surface area contributed by atoms with E-state index in [0.29, 0.717) is 5.75 Å². The summed E-state index contributed by atoms with van der Waals surface area (Å²) >= 11 is 0. The first-order chi connectivity index (χ1) is 13.3. The van der Waals surface area contributed by atoms with Gasteiger partial charge >= 0.3 is 5.91 Å². The molecular weight excluding hydrogens is 340 g/mol. The molecule has 2 aliphatic rings. The lowest BCUT2D eigenvalue weighted by Gasteiger charge is -2.35. The fourth-order valence-corrected chi connectivity index (χ4v) is 3.78. The number of para-hydroxylation sites is 2. The number of fused-ring (bicyclic) bond motifs is 7. The number of hydrogen-bond acceptors (Lipinski definition) is 6. The number of aliphatic imine (C=N–C) groups is 1. The summed E-state index contributed by atoms with van der Waals surface area (Å²) in [5, 5.41) is 1.77. The maximum Gasteiger partial charge on any atom is 0.378 e. The number of nitrogens with zero attached hydrogens (tertiary/aromatic N) is 4. The Balaban J connectivity index is 1.63. The van der Waals surface area contributed by atoms with Gasteiger partial charge in [0.2, 0.25) is 0 Å². The highest BCUT2D eigenvalue weighted by Gasteiger charge is 2.48. The fraction of sp³-hybridized carbons (Fsp3) is 0.0952. The van der Waals surface area contributed by atoms with Gasteiger partial charge in [-0.25, -0.2) is 4.99 Å². The molecule has 4 heterocycles. The Kier molecular flexibility index (Phi) is 2.65. The van der Waals surface area contributed by atoms with E-state index in [1.54, 1.807) is 18.6 Å². The topological polar surface area (TPSA) is 59.8 Å². The molecule has 4 aromatic rings. The molecule has 130 valence electrons. The van der Waals surface area contributed by atoms with Crippen molar-refractivity contribution in [3.05, 3.63) is 60.9 Å². The summed E-state index contributed by atoms with van der Waals surface area (Å²) in [5.74, 6) is 0.301. The van der Waals surface area contributed by atoms with Crippen LogP contribution in [0.3, 0.4) is 0 Å². The van der Waals surface area contributed by atoms with Crippen molar-refractivity contribution in [2.45, 2.75) is 5.91 Å². The van der Waals surface area contributed by atoms with Crippen LogP contribution in [0.2, 0.25) is 0 Å². The maximum absolute atomic E-state index is 6.48. The Labute approximate surface area is 154 Å². The molecular formula is C21H14N4O2. The van der Waals surface area contributed by atoms with Crippen LogP contribution in [-0.4, -0.2) is 29.1 Å². The molecule has 1 spiro atoms. The van der Waals surface area contributed by atoms with E-state index in [4.69, 9.17) is 14.5 Å². The van der Waals surface area contributed by atoms with Crippen molar-refractivity contribution >= 4 is 39.4 Å². The van der Waals surface area contributed by atoms with E-state index in [2.05, 4.69) is 9.97 Å². The summed E-state index contributed by atoms with van der Waals surface area (Å²) < 4.78 is 12.7. The summed E-state index contributed by atoms with van der Waals surface area (Å²) in [6.45, 7) is 0. The van der Waals surface area contributed by atoms with Gasteiger partial charge in [0.15, 0.2) is 5.75 Å². The highest BCUT2D eigenvalue weighted by atomic mass is 16.7. The molecule has 6 rings (SSSR count). The summed E-state index contributed by atoms with van der Waals surface area (Å²) in [4.78, 5) is 15.8. The molecule has 2 aliphatic heterocycles. The lowest BCUT2D eigenvalue weighted by atomic mass is 10.1. The quantitative estimate of drug-likeness (QED) is 0.446. The number of anilines is 1. The van der Waals surface area contributed by atoms with E-state index in [9.17, 15) is 0 Å². The van der Waals surface area contributed by atoms with Crippen LogP contribution in [0, 0.1) is 0 Å². The minimum Gasteiger partial charge on any atom is -0.429 e. The molecule has 2 aromatic heterocycles. The molecule has 0 N–H and O–H groups in total. The Morgan fingerprint density at radius 2 is 1.59 bits per heavy atom. The van der Waals surface area contributed by atoms with Crippen molar-refractivity contribution in [2.75, 3.05) is 11.9 Å². The smallest absolute Gasteiger partial charge is 0.378 e. The average molecular weight is 354 g/mol. The highest BCUT2D eigenvalue weighted by Crippen LogP contribution is 2.49. The van der Waals surface area contributed by atoms with Crippen molar-refractivity contribution in [3.63, 3.8) is 0 Å². The second-order valence-corrected chi connectivity index (χ2v) is 6.60. The van der Waals surface area contributed by atoms with Gasteiger partial charge in [0, 0.05) is 30.2 Å². The zero-order valence-corrected chi connectivity index (χ0v) is 14.5. The maximum atomic E-state index is 6.48. The standard InChI is InChI=1S/C21H14N4O2/c1-25-15-8-2-3-9-16(15)26-21(25)12-24-19-13-6-4-10-22-17(13)18-14(20(19)27-21)7-5-11-23-18/h2-12H,1H3. The zero-order valence-electron chi connectivity index (χ0n) is 14.5. The highest BCUT2D eigenvalue weighted by molar-refractivity contribution is 6.13. The van der Waals surface area contributed by atoms with Gasteiger partial charge in [-0.2, -0.15) is 0 Å². The van der Waals surface area contributed by atoms with Crippen LogP contribution in [0.4, 0.5) is 11.4 Å². The molecule has 27 heavy (non-hydrogen) atoms. The van der Waals surface area contributed by atoms with Crippen LogP contribution >= 0.6 is 0 Å². The van der Waals surface area contributed by atoms with Crippen LogP contribution in [0.25, 0.3) is 21.8 Å². The number of hydrogen-bond donors (Lipinski definition) is 0. The number of ether oxygens (including phenoxy) is 2. The molecule has 0 saturated carbocycles. The first-order valence-electron chi connectivity index (χ1n) is 8.68. The van der Waals surface area contributed by atoms with Crippen LogP contribution < -0.4 is 14.4 Å². The van der Waals surface area contributed by atoms with Gasteiger partial charge in [-0.1, -0.05) is 12.1 Å². The molecule has 0 aliphatic carbocycles. The van der Waals surface area contributed by atoms with Crippen molar-refractivity contribution in [1.29, 1.82) is 0 Å². The molecule has 1 atom stereocenters. The third kappa shape index (κ3) is 1.81. The normalized spacial score (nSPS) is 19.8. The number of benzene rings is 2. The molecule has 0 bridgehead atoms. The molecule has 0 saturated heterocycles. The predicted octanol–water partition coefficient (Wildman–Crippen LogP) is 4.06. The van der Waals surface area contributed by atoms with Crippen molar-refractivity contribution in [1.82, 2.24) is 9.97 Å². The van der Waals surface area contributed by atoms with E-state index in [1.165, 1.54) is 0 Å². The first kappa shape index (κ1) is 14.5. The third-order valence-electron chi connectivity index (χ3n) is 5.11. The summed E-state index contributed by atoms with van der Waals surface area (Å²) in [7, 11) is 1.94. The Hall–Kier alpha value is -3.67. The third-order valence-corrected chi connectivity index (χ3v) is 5.11. The molecule has 0 amide bonds. The molecule has 1 unspecified atom stereocenters. The Morgan fingerprint density at radius 3 is 2.41 bits per heavy atom. The number of aromatic nitrogens is 2. The summed E-state index contributed by atoms with van der Waals surface area (Å²) in [6, 6.07) is 15.6. The van der Waals surface area contributed by atoms with Crippen molar-refractivity contribution < 1.29 is 9.47 Å². The average Bonchev–Trinajstić information content (AvgIpc) is 3.00. The number of pyridine rings is 2. The minimum atomic E-state index is -1.12. The van der Waals surface area contributed by atoms with Gasteiger partial charge < -0.3 is 9.47 Å². The Bertz CT molecular complexity index is 1270. The van der Waals surface area contributed by atoms with Gasteiger partial charge in [0.05, 0.1) is 11.2 Å². The van der Waals surface area contributed by atoms with Gasteiger partial charge in [0.25, 0.3) is 0 Å². The molecule has 0 radical (unpaired) electrons. The van der Waals surface area contributed by atoms with Crippen LogP contribution in [0.5, 0.6) is 11.5 Å². The monoisotopic (exact) mass is 354 g/mol. The van der Waals surface area contributed by atoms with Crippen LogP contribution in [0.1, 0.15) is 0 Å². The minimum absolute atomic E-state index is 0.653. The van der Waals surface area contributed by atoms with Gasteiger partial charge in [-0.3, -0.25) is 14.9 Å². The summed E-state index contributed by atoms with van der Waals surface area (Å²) in [5.41, 5.74) is 3.30. The lowest BCUT2D eigenvalue weighted by molar-refractivity contribution is -0.0306. The van der Waals surface area contributed by atoms with E-state index in [1.807, 2.05) is 60.5 Å². The second kappa shape index (κ2) is 4.94. The second-order valence-electron chi connectivity index (χ2n) is 6.60. The van der Waals surface area contributed by atoms with E-state index in [0.717, 1.165) is 38.9 Å². The largest absolute Gasteiger partial charge is 0.429 e. The van der Waals surface area contributed by atoms with Gasteiger partial charge in [-0.05, 0) is 36.4 Å². The van der Waals surface area contributed by atoms with Crippen LogP contribution in [-0.2, 0) is 0 Å². The summed E-state index contributed by atoms with van der Waals surface area (Å²) in [6.07, 6.45) is 5.24. The van der Waals surface area contributed by atoms with E-state index < -0.39 is 5.91 Å². The molecule has 6 heteroatoms. The molecule has 2 aromatic carbocycles. The number of rotatable bonds is 0. The van der Waals surface area contributed by atoms with Crippen molar-refractivity contribution in [2.24, 2.45) is 4.99 Å². The Morgan fingerprint density at radius 1 is 0.852 bits per heavy atom. The first-order valence-corrected chi connectivity index (χ1v) is 8.68.